The van der Waals surface area contributed by atoms with E-state index in [-0.39, 0.29) is 0 Å². The summed E-state index contributed by atoms with van der Waals surface area (Å²) in [6, 6.07) is 6.79. The number of carbonyl (C=O) groups is 1. The molecule has 0 amide bonds. The molecule has 0 saturated carbocycles. The van der Waals surface area contributed by atoms with Crippen molar-refractivity contribution in [1.29, 1.82) is 0 Å². The zero-order valence-corrected chi connectivity index (χ0v) is 17.4. The number of aromatic amines is 1. The van der Waals surface area contributed by atoms with E-state index >= 15 is 0 Å². The first-order valence-corrected chi connectivity index (χ1v) is 12.0. The highest BCUT2D eigenvalue weighted by molar-refractivity contribution is 8.00. The molecule has 146 valence electrons. The number of rotatable bonds is 6. The molecule has 1 aromatic heterocycles. The first kappa shape index (κ1) is 20.1. The summed E-state index contributed by atoms with van der Waals surface area (Å²) in [4.78, 5) is 21.5. The van der Waals surface area contributed by atoms with Gasteiger partial charge in [0.2, 0.25) is 0 Å². The normalized spacial score (nSPS) is 18.9. The van der Waals surface area contributed by atoms with Crippen molar-refractivity contribution in [1.82, 2.24) is 14.9 Å². The van der Waals surface area contributed by atoms with Crippen LogP contribution in [0.5, 0.6) is 0 Å². The Bertz CT molecular complexity index is 901. The van der Waals surface area contributed by atoms with Crippen LogP contribution in [0.4, 0.5) is 0 Å². The number of nitrogens with one attached hydrogen (secondary N) is 1. The highest BCUT2D eigenvalue weighted by Crippen LogP contribution is 2.33. The van der Waals surface area contributed by atoms with E-state index in [9.17, 15) is 13.2 Å². The summed E-state index contributed by atoms with van der Waals surface area (Å²) < 4.78 is 23.2. The molecule has 3 rings (SSSR count). The molecule has 1 aliphatic heterocycles. The predicted molar refractivity (Wildman–Crippen MR) is 109 cm³/mol. The number of aromatic nitrogens is 2. The van der Waals surface area contributed by atoms with Crippen molar-refractivity contribution in [2.45, 2.75) is 35.4 Å². The third-order valence-electron chi connectivity index (χ3n) is 5.32. The number of carbonyl (C=O) groups excluding carboxylic acids is 1. The molecule has 1 aromatic carbocycles. The first-order valence-electron chi connectivity index (χ1n) is 8.89. The molecule has 1 unspecified atom stereocenters. The molecule has 1 saturated heterocycles. The van der Waals surface area contributed by atoms with Crippen LogP contribution in [0.3, 0.4) is 0 Å². The van der Waals surface area contributed by atoms with E-state index in [4.69, 9.17) is 4.98 Å². The van der Waals surface area contributed by atoms with Crippen molar-refractivity contribution < 1.29 is 13.2 Å². The minimum absolute atomic E-state index is 0.307. The maximum Gasteiger partial charge on any atom is 0.175 e. The predicted octanol–water partition coefficient (Wildman–Crippen LogP) is 2.94. The second-order valence-corrected chi connectivity index (χ2v) is 10.4. The average Bonchev–Trinajstić information content (AvgIpc) is 3.17. The lowest BCUT2D eigenvalue weighted by molar-refractivity contribution is -0.113. The van der Waals surface area contributed by atoms with Gasteiger partial charge in [-0.15, -0.1) is 11.8 Å². The number of nitrogens with zero attached hydrogens (tertiary/aromatic N) is 2. The van der Waals surface area contributed by atoms with Crippen molar-refractivity contribution in [3.8, 4) is 11.3 Å². The van der Waals surface area contributed by atoms with Gasteiger partial charge in [-0.2, -0.15) is 0 Å². The Hall–Kier alpha value is -1.64. The summed E-state index contributed by atoms with van der Waals surface area (Å²) in [5.41, 5.74) is 1.70. The summed E-state index contributed by atoms with van der Waals surface area (Å²) in [6.45, 7) is 3.69. The van der Waals surface area contributed by atoms with Crippen LogP contribution in [0, 0.1) is 0 Å². The zero-order chi connectivity index (χ0) is 19.7. The lowest BCUT2D eigenvalue weighted by atomic mass is 9.95. The number of H-pyrrole nitrogens is 1. The Morgan fingerprint density at radius 2 is 1.89 bits per heavy atom. The molecule has 2 heterocycles. The Balaban J connectivity index is 1.69. The molecule has 0 bridgehead atoms. The fourth-order valence-electron chi connectivity index (χ4n) is 3.42. The second-order valence-electron chi connectivity index (χ2n) is 7.11. The summed E-state index contributed by atoms with van der Waals surface area (Å²) in [6.07, 6.45) is 7.97. The number of hydrogen-bond acceptors (Lipinski definition) is 6. The van der Waals surface area contributed by atoms with Crippen LogP contribution in [-0.4, -0.2) is 60.0 Å². The van der Waals surface area contributed by atoms with Crippen molar-refractivity contribution in [2.24, 2.45) is 0 Å². The molecule has 0 radical (unpaired) electrons. The number of likely N-dealkylation sites (tertiary alicyclic amines) is 1. The Morgan fingerprint density at radius 3 is 2.41 bits per heavy atom. The van der Waals surface area contributed by atoms with E-state index in [0.29, 0.717) is 10.8 Å². The topological polar surface area (TPSA) is 83.1 Å². The minimum Gasteiger partial charge on any atom is -0.348 e. The van der Waals surface area contributed by atoms with Gasteiger partial charge >= 0.3 is 0 Å². The standard InChI is InChI=1S/C19H25N3O3S2/c1-19(13-23,26-2)22-10-8-15(9-11-22)18-20-12-17(21-18)14-4-6-16(7-5-14)27(3,24)25/h4-7,12-13,15H,8-11H2,1-3H3,(H,20,21). The Morgan fingerprint density at radius 1 is 1.26 bits per heavy atom. The number of hydrogen-bond donors (Lipinski definition) is 1. The summed E-state index contributed by atoms with van der Waals surface area (Å²) in [7, 11) is -3.19. The summed E-state index contributed by atoms with van der Waals surface area (Å²) >= 11 is 1.57. The highest BCUT2D eigenvalue weighted by Gasteiger charge is 2.34. The van der Waals surface area contributed by atoms with Crippen LogP contribution in [0.2, 0.25) is 0 Å². The number of aldehydes is 1. The van der Waals surface area contributed by atoms with Crippen LogP contribution >= 0.6 is 11.8 Å². The van der Waals surface area contributed by atoms with Gasteiger partial charge in [-0.3, -0.25) is 4.90 Å². The van der Waals surface area contributed by atoms with Crippen molar-refractivity contribution in [3.63, 3.8) is 0 Å². The molecule has 1 atom stereocenters. The van der Waals surface area contributed by atoms with Crippen LogP contribution in [0.25, 0.3) is 11.3 Å². The SMILES string of the molecule is CSC(C)(C=O)N1CCC(c2nc(-c3ccc(S(C)(=O)=O)cc3)c[nH]2)CC1. The number of piperidine rings is 1. The van der Waals surface area contributed by atoms with Crippen LogP contribution in [0.1, 0.15) is 31.5 Å². The molecule has 6 nitrogen and oxygen atoms in total. The van der Waals surface area contributed by atoms with Crippen molar-refractivity contribution in [2.75, 3.05) is 25.6 Å². The van der Waals surface area contributed by atoms with E-state index in [1.807, 2.05) is 19.4 Å². The molecule has 1 fully saturated rings. The maximum atomic E-state index is 11.6. The second kappa shape index (κ2) is 7.77. The maximum absolute atomic E-state index is 11.6. The molecular formula is C19H25N3O3S2. The fraction of sp³-hybridized carbons (Fsp3) is 0.474. The number of thioether (sulfide) groups is 1. The molecular weight excluding hydrogens is 382 g/mol. The Kier molecular flexibility index (Phi) is 5.79. The van der Waals surface area contributed by atoms with Gasteiger partial charge in [0.25, 0.3) is 0 Å². The molecule has 1 N–H and O–H groups in total. The fourth-order valence-corrected chi connectivity index (χ4v) is 4.58. The zero-order valence-electron chi connectivity index (χ0n) is 15.8. The lowest BCUT2D eigenvalue weighted by Gasteiger charge is -2.40. The summed E-state index contributed by atoms with van der Waals surface area (Å²) in [5, 5.41) is 0. The van der Waals surface area contributed by atoms with Gasteiger partial charge in [-0.1, -0.05) is 12.1 Å². The monoisotopic (exact) mass is 407 g/mol. The smallest absolute Gasteiger partial charge is 0.175 e. The van der Waals surface area contributed by atoms with Gasteiger partial charge in [0, 0.05) is 37.0 Å². The molecule has 27 heavy (non-hydrogen) atoms. The third kappa shape index (κ3) is 4.28. The molecule has 0 aliphatic carbocycles. The lowest BCUT2D eigenvalue weighted by Crippen LogP contribution is -2.48. The Labute approximate surface area is 164 Å². The van der Waals surface area contributed by atoms with Crippen molar-refractivity contribution in [3.05, 3.63) is 36.3 Å². The number of benzene rings is 1. The quantitative estimate of drug-likeness (QED) is 0.742. The van der Waals surface area contributed by atoms with E-state index in [2.05, 4.69) is 9.88 Å². The van der Waals surface area contributed by atoms with E-state index in [1.165, 1.54) is 6.26 Å². The van der Waals surface area contributed by atoms with Gasteiger partial charge in [-0.25, -0.2) is 13.4 Å². The molecule has 8 heteroatoms. The van der Waals surface area contributed by atoms with Gasteiger partial charge in [0.15, 0.2) is 9.84 Å². The number of sulfone groups is 1. The summed E-state index contributed by atoms with van der Waals surface area (Å²) in [5.74, 6) is 1.29. The van der Waals surface area contributed by atoms with Gasteiger partial charge in [0.05, 0.1) is 10.6 Å². The highest BCUT2D eigenvalue weighted by atomic mass is 32.2. The largest absolute Gasteiger partial charge is 0.348 e. The molecule has 2 aromatic rings. The first-order chi connectivity index (χ1) is 12.8. The van der Waals surface area contributed by atoms with Gasteiger partial charge < -0.3 is 9.78 Å². The minimum atomic E-state index is -3.19. The van der Waals surface area contributed by atoms with Crippen molar-refractivity contribution >= 4 is 27.9 Å². The number of imidazole rings is 1. The van der Waals surface area contributed by atoms with E-state index in [1.54, 1.807) is 36.0 Å². The molecule has 0 spiro atoms. The molecule has 1 aliphatic rings. The third-order valence-corrected chi connectivity index (χ3v) is 7.63. The average molecular weight is 408 g/mol. The van der Waals surface area contributed by atoms with Gasteiger partial charge in [-0.05, 0) is 38.2 Å². The van der Waals surface area contributed by atoms with E-state index < -0.39 is 14.7 Å². The van der Waals surface area contributed by atoms with Crippen LogP contribution in [0.15, 0.2) is 35.4 Å². The van der Waals surface area contributed by atoms with Gasteiger partial charge in [0.1, 0.15) is 17.0 Å². The van der Waals surface area contributed by atoms with Crippen LogP contribution < -0.4 is 0 Å². The van der Waals surface area contributed by atoms with Crippen LogP contribution in [-0.2, 0) is 14.6 Å². The van der Waals surface area contributed by atoms with E-state index in [0.717, 1.165) is 49.3 Å².